The van der Waals surface area contributed by atoms with Crippen molar-refractivity contribution in [3.05, 3.63) is 52.5 Å². The van der Waals surface area contributed by atoms with Crippen LogP contribution in [0.25, 0.3) is 0 Å². The molecule has 0 amide bonds. The maximum Gasteiger partial charge on any atom is 0.191 e. The molecule has 1 aliphatic rings. The number of nitrogens with zero attached hydrogens (tertiary/aromatic N) is 3. The van der Waals surface area contributed by atoms with Crippen molar-refractivity contribution in [2.24, 2.45) is 4.99 Å². The van der Waals surface area contributed by atoms with Gasteiger partial charge >= 0.3 is 0 Å². The molecule has 5 nitrogen and oxygen atoms in total. The number of likely N-dealkylation sites (tertiary alicyclic amines) is 1. The van der Waals surface area contributed by atoms with Gasteiger partial charge in [0.25, 0.3) is 0 Å². The minimum absolute atomic E-state index is 0. The molecule has 3 rings (SSSR count). The Labute approximate surface area is 183 Å². The Hall–Kier alpha value is -1.19. The van der Waals surface area contributed by atoms with Crippen molar-refractivity contribution in [2.45, 2.75) is 32.2 Å². The molecule has 148 valence electrons. The zero-order valence-corrected chi connectivity index (χ0v) is 19.1. The van der Waals surface area contributed by atoms with Gasteiger partial charge in [0, 0.05) is 30.4 Å². The normalized spacial score (nSPS) is 16.0. The second-order valence-electron chi connectivity index (χ2n) is 6.53. The molecule has 1 atom stereocenters. The van der Waals surface area contributed by atoms with Gasteiger partial charge in [0.05, 0.1) is 12.6 Å². The van der Waals surface area contributed by atoms with Crippen molar-refractivity contribution in [3.8, 4) is 0 Å². The first-order valence-corrected chi connectivity index (χ1v) is 10.4. The third-order valence-corrected chi connectivity index (χ3v) is 5.62. The SMILES string of the molecule is CCNC(=NCC(c1cccs1)N1CCCC1)NCCc1cccnc1.I. The largest absolute Gasteiger partial charge is 0.357 e. The summed E-state index contributed by atoms with van der Waals surface area (Å²) in [5.74, 6) is 0.900. The van der Waals surface area contributed by atoms with Crippen molar-refractivity contribution in [3.63, 3.8) is 0 Å². The summed E-state index contributed by atoms with van der Waals surface area (Å²) in [6.45, 7) is 6.99. The van der Waals surface area contributed by atoms with Crippen LogP contribution in [0.2, 0.25) is 0 Å². The number of thiophene rings is 1. The first-order chi connectivity index (χ1) is 12.9. The minimum atomic E-state index is 0. The minimum Gasteiger partial charge on any atom is -0.357 e. The molecule has 0 saturated carbocycles. The molecule has 2 N–H and O–H groups in total. The number of hydrogen-bond donors (Lipinski definition) is 2. The number of guanidine groups is 1. The van der Waals surface area contributed by atoms with E-state index in [1.165, 1.54) is 36.4 Å². The van der Waals surface area contributed by atoms with E-state index in [4.69, 9.17) is 4.99 Å². The fourth-order valence-electron chi connectivity index (χ4n) is 3.31. The Kier molecular flexibility index (Phi) is 10.1. The molecule has 7 heteroatoms. The van der Waals surface area contributed by atoms with E-state index in [0.717, 1.165) is 32.0 Å². The zero-order valence-electron chi connectivity index (χ0n) is 15.9. The summed E-state index contributed by atoms with van der Waals surface area (Å²) in [7, 11) is 0. The molecule has 0 aliphatic carbocycles. The number of aromatic nitrogens is 1. The Balaban J connectivity index is 0.00000261. The smallest absolute Gasteiger partial charge is 0.191 e. The quantitative estimate of drug-likeness (QED) is 0.331. The van der Waals surface area contributed by atoms with Gasteiger partial charge in [0.15, 0.2) is 5.96 Å². The van der Waals surface area contributed by atoms with E-state index in [0.29, 0.717) is 6.04 Å². The van der Waals surface area contributed by atoms with Crippen molar-refractivity contribution >= 4 is 41.3 Å². The highest BCUT2D eigenvalue weighted by Gasteiger charge is 2.24. The lowest BCUT2D eigenvalue weighted by Gasteiger charge is -2.25. The van der Waals surface area contributed by atoms with Crippen LogP contribution in [0.4, 0.5) is 0 Å². The number of aliphatic imine (C=N–C) groups is 1. The Bertz CT molecular complexity index is 656. The molecular weight excluding hydrogens is 469 g/mol. The summed E-state index contributed by atoms with van der Waals surface area (Å²) in [4.78, 5) is 13.1. The third kappa shape index (κ3) is 7.04. The Morgan fingerprint density at radius 2 is 2.11 bits per heavy atom. The molecule has 1 saturated heterocycles. The van der Waals surface area contributed by atoms with E-state index >= 15 is 0 Å². The van der Waals surface area contributed by atoms with Crippen LogP contribution >= 0.6 is 35.3 Å². The molecule has 27 heavy (non-hydrogen) atoms. The lowest BCUT2D eigenvalue weighted by molar-refractivity contribution is 0.255. The molecular formula is C20H30IN5S. The van der Waals surface area contributed by atoms with Crippen LogP contribution in [0, 0.1) is 0 Å². The van der Waals surface area contributed by atoms with Gasteiger partial charge in [0.1, 0.15) is 0 Å². The van der Waals surface area contributed by atoms with Gasteiger partial charge < -0.3 is 10.6 Å². The summed E-state index contributed by atoms with van der Waals surface area (Å²) in [6.07, 6.45) is 7.28. The van der Waals surface area contributed by atoms with E-state index in [1.54, 1.807) is 0 Å². The molecule has 1 unspecified atom stereocenters. The number of pyridine rings is 1. The van der Waals surface area contributed by atoms with Gasteiger partial charge in [-0.25, -0.2) is 0 Å². The molecule has 0 spiro atoms. The van der Waals surface area contributed by atoms with Crippen molar-refractivity contribution in [1.29, 1.82) is 0 Å². The fraction of sp³-hybridized carbons (Fsp3) is 0.500. The monoisotopic (exact) mass is 499 g/mol. The first-order valence-electron chi connectivity index (χ1n) is 9.55. The van der Waals surface area contributed by atoms with Gasteiger partial charge in [-0.05, 0) is 62.4 Å². The Morgan fingerprint density at radius 1 is 1.26 bits per heavy atom. The van der Waals surface area contributed by atoms with Crippen molar-refractivity contribution < 1.29 is 0 Å². The highest BCUT2D eigenvalue weighted by Crippen LogP contribution is 2.28. The Morgan fingerprint density at radius 3 is 2.78 bits per heavy atom. The summed E-state index contributed by atoms with van der Waals surface area (Å²) < 4.78 is 0. The second kappa shape index (κ2) is 12.3. The average Bonchev–Trinajstić information content (AvgIpc) is 3.37. The van der Waals surface area contributed by atoms with E-state index in [9.17, 15) is 0 Å². The lowest BCUT2D eigenvalue weighted by atomic mass is 10.2. The maximum atomic E-state index is 4.89. The molecule has 0 aromatic carbocycles. The number of nitrogens with one attached hydrogen (secondary N) is 2. The van der Waals surface area contributed by atoms with Crippen LogP contribution in [0.3, 0.4) is 0 Å². The third-order valence-electron chi connectivity index (χ3n) is 4.65. The highest BCUT2D eigenvalue weighted by atomic mass is 127. The van der Waals surface area contributed by atoms with E-state index in [2.05, 4.69) is 51.0 Å². The van der Waals surface area contributed by atoms with Gasteiger partial charge in [-0.2, -0.15) is 0 Å². The molecule has 2 aromatic heterocycles. The number of rotatable bonds is 8. The fourth-order valence-corrected chi connectivity index (χ4v) is 4.16. The maximum absolute atomic E-state index is 4.89. The summed E-state index contributed by atoms with van der Waals surface area (Å²) in [5, 5.41) is 8.99. The zero-order chi connectivity index (χ0) is 18.0. The molecule has 0 radical (unpaired) electrons. The standard InChI is InChI=1S/C20H29N5S.HI/c1-2-22-20(23-11-9-17-7-5-10-21-15-17)24-16-18(19-8-6-14-26-19)25-12-3-4-13-25;/h5-8,10,14-15,18H,2-4,9,11-13,16H2,1H3,(H2,22,23,24);1H. The summed E-state index contributed by atoms with van der Waals surface area (Å²) in [5.41, 5.74) is 1.24. The summed E-state index contributed by atoms with van der Waals surface area (Å²) in [6, 6.07) is 8.87. The molecule has 1 aliphatic heterocycles. The lowest BCUT2D eigenvalue weighted by Crippen LogP contribution is -2.39. The van der Waals surface area contributed by atoms with Gasteiger partial charge in [-0.15, -0.1) is 35.3 Å². The van der Waals surface area contributed by atoms with Crippen LogP contribution in [-0.4, -0.2) is 48.6 Å². The van der Waals surface area contributed by atoms with E-state index in [-0.39, 0.29) is 24.0 Å². The van der Waals surface area contributed by atoms with Crippen LogP contribution in [0.5, 0.6) is 0 Å². The summed E-state index contributed by atoms with van der Waals surface area (Å²) >= 11 is 1.84. The van der Waals surface area contributed by atoms with Gasteiger partial charge in [-0.1, -0.05) is 12.1 Å². The van der Waals surface area contributed by atoms with Gasteiger partial charge in [0.2, 0.25) is 0 Å². The molecule has 3 heterocycles. The second-order valence-corrected chi connectivity index (χ2v) is 7.51. The highest BCUT2D eigenvalue weighted by molar-refractivity contribution is 14.0. The van der Waals surface area contributed by atoms with Crippen molar-refractivity contribution in [1.82, 2.24) is 20.5 Å². The first kappa shape index (κ1) is 22.1. The topological polar surface area (TPSA) is 52.6 Å². The van der Waals surface area contributed by atoms with E-state index < -0.39 is 0 Å². The van der Waals surface area contributed by atoms with Crippen molar-refractivity contribution in [2.75, 3.05) is 32.7 Å². The predicted molar refractivity (Wildman–Crippen MR) is 125 cm³/mol. The molecule has 1 fully saturated rings. The van der Waals surface area contributed by atoms with Crippen LogP contribution in [0.15, 0.2) is 47.0 Å². The average molecular weight is 499 g/mol. The van der Waals surface area contributed by atoms with Crippen LogP contribution in [0.1, 0.15) is 36.2 Å². The number of hydrogen-bond acceptors (Lipinski definition) is 4. The van der Waals surface area contributed by atoms with Gasteiger partial charge in [-0.3, -0.25) is 14.9 Å². The number of halogens is 1. The molecule has 0 bridgehead atoms. The molecule has 2 aromatic rings. The van der Waals surface area contributed by atoms with Crippen LogP contribution < -0.4 is 10.6 Å². The predicted octanol–water partition coefficient (Wildman–Crippen LogP) is 3.70. The van der Waals surface area contributed by atoms with Crippen LogP contribution in [-0.2, 0) is 6.42 Å². The van der Waals surface area contributed by atoms with E-state index in [1.807, 2.05) is 29.8 Å².